The van der Waals surface area contributed by atoms with Gasteiger partial charge in [-0.05, 0) is 18.2 Å². The van der Waals surface area contributed by atoms with Gasteiger partial charge in [0.05, 0.1) is 6.42 Å². The third-order valence-corrected chi connectivity index (χ3v) is 2.57. The van der Waals surface area contributed by atoms with Gasteiger partial charge in [0.15, 0.2) is 5.82 Å². The maximum Gasteiger partial charge on any atom is 0.303 e. The van der Waals surface area contributed by atoms with Crippen molar-refractivity contribution in [1.29, 1.82) is 0 Å². The van der Waals surface area contributed by atoms with Gasteiger partial charge in [0.25, 0.3) is 0 Å². The average Bonchev–Trinajstić information content (AvgIpc) is 2.84. The van der Waals surface area contributed by atoms with Crippen LogP contribution in [-0.4, -0.2) is 27.8 Å². The van der Waals surface area contributed by atoms with Gasteiger partial charge < -0.3 is 14.9 Å². The molecule has 0 spiro atoms. The van der Waals surface area contributed by atoms with Gasteiger partial charge in [0.2, 0.25) is 5.89 Å². The van der Waals surface area contributed by atoms with Crippen LogP contribution in [0.1, 0.15) is 18.1 Å². The van der Waals surface area contributed by atoms with Crippen LogP contribution in [0.5, 0.6) is 0 Å². The number of carbonyl (C=O) groups is 1. The third-order valence-electron chi connectivity index (χ3n) is 2.57. The molecule has 106 valence electrons. The van der Waals surface area contributed by atoms with E-state index in [0.717, 1.165) is 0 Å². The van der Waals surface area contributed by atoms with E-state index in [1.165, 1.54) is 12.1 Å². The zero-order valence-corrected chi connectivity index (χ0v) is 10.7. The molecule has 0 radical (unpaired) electrons. The highest BCUT2D eigenvalue weighted by molar-refractivity contribution is 5.66. The minimum absolute atomic E-state index is 0.0385. The van der Waals surface area contributed by atoms with Crippen LogP contribution < -0.4 is 5.32 Å². The van der Waals surface area contributed by atoms with Crippen LogP contribution >= 0.6 is 0 Å². The Hall–Kier alpha value is -2.44. The summed E-state index contributed by atoms with van der Waals surface area (Å²) >= 11 is 0. The van der Waals surface area contributed by atoms with Crippen molar-refractivity contribution in [2.45, 2.75) is 19.3 Å². The second-order valence-corrected chi connectivity index (χ2v) is 4.19. The van der Waals surface area contributed by atoms with E-state index in [2.05, 4.69) is 15.5 Å². The van der Waals surface area contributed by atoms with Gasteiger partial charge in [-0.15, -0.1) is 0 Å². The molecule has 0 unspecified atom stereocenters. The molecule has 20 heavy (non-hydrogen) atoms. The Bertz CT molecular complexity index is 586. The van der Waals surface area contributed by atoms with Gasteiger partial charge in [-0.1, -0.05) is 11.2 Å². The van der Waals surface area contributed by atoms with Crippen LogP contribution in [0.15, 0.2) is 28.8 Å². The SMILES string of the molecule is O=C(O)CCc1nc(CCNc2cccc(F)c2)no1. The van der Waals surface area contributed by atoms with Crippen molar-refractivity contribution in [1.82, 2.24) is 10.1 Å². The molecular formula is C13H14FN3O3. The van der Waals surface area contributed by atoms with E-state index in [1.807, 2.05) is 0 Å². The predicted molar refractivity (Wildman–Crippen MR) is 68.8 cm³/mol. The van der Waals surface area contributed by atoms with Gasteiger partial charge in [-0.3, -0.25) is 4.79 Å². The number of hydrogen-bond donors (Lipinski definition) is 2. The molecule has 2 N–H and O–H groups in total. The molecule has 0 bridgehead atoms. The van der Waals surface area contributed by atoms with E-state index in [9.17, 15) is 9.18 Å². The number of nitrogens with one attached hydrogen (secondary N) is 1. The van der Waals surface area contributed by atoms with Crippen molar-refractivity contribution >= 4 is 11.7 Å². The number of aliphatic carboxylic acids is 1. The number of anilines is 1. The van der Waals surface area contributed by atoms with Gasteiger partial charge in [-0.2, -0.15) is 4.98 Å². The molecule has 1 heterocycles. The Kier molecular flexibility index (Phi) is 4.65. The average molecular weight is 279 g/mol. The molecule has 1 aromatic carbocycles. The first-order valence-corrected chi connectivity index (χ1v) is 6.16. The van der Waals surface area contributed by atoms with Crippen molar-refractivity contribution in [3.8, 4) is 0 Å². The van der Waals surface area contributed by atoms with Crippen LogP contribution in [-0.2, 0) is 17.6 Å². The summed E-state index contributed by atoms with van der Waals surface area (Å²) in [5, 5.41) is 15.3. The maximum absolute atomic E-state index is 12.9. The van der Waals surface area contributed by atoms with E-state index in [4.69, 9.17) is 9.63 Å². The molecule has 0 saturated carbocycles. The number of carboxylic acids is 1. The number of aryl methyl sites for hydroxylation is 1. The Labute approximate surface area is 114 Å². The molecule has 0 saturated heterocycles. The number of hydrogen-bond acceptors (Lipinski definition) is 5. The second-order valence-electron chi connectivity index (χ2n) is 4.19. The van der Waals surface area contributed by atoms with E-state index in [-0.39, 0.29) is 18.7 Å². The number of carboxylic acid groups (broad SMARTS) is 1. The summed E-state index contributed by atoms with van der Waals surface area (Å²) in [6.45, 7) is 0.529. The van der Waals surface area contributed by atoms with Crippen molar-refractivity contribution in [3.63, 3.8) is 0 Å². The molecule has 0 aliphatic rings. The Balaban J connectivity index is 1.78. The van der Waals surface area contributed by atoms with Crippen molar-refractivity contribution in [3.05, 3.63) is 41.8 Å². The van der Waals surface area contributed by atoms with Crippen molar-refractivity contribution in [2.24, 2.45) is 0 Å². The highest BCUT2D eigenvalue weighted by Gasteiger charge is 2.08. The summed E-state index contributed by atoms with van der Waals surface area (Å²) in [6, 6.07) is 6.15. The Morgan fingerprint density at radius 3 is 3.00 bits per heavy atom. The Morgan fingerprint density at radius 1 is 1.40 bits per heavy atom. The number of nitrogens with zero attached hydrogens (tertiary/aromatic N) is 2. The third kappa shape index (κ3) is 4.34. The molecule has 0 amide bonds. The lowest BCUT2D eigenvalue weighted by Crippen LogP contribution is -2.06. The van der Waals surface area contributed by atoms with E-state index < -0.39 is 5.97 Å². The topological polar surface area (TPSA) is 88.2 Å². The lowest BCUT2D eigenvalue weighted by Gasteiger charge is -2.03. The van der Waals surface area contributed by atoms with E-state index >= 15 is 0 Å². The molecule has 0 aliphatic heterocycles. The van der Waals surface area contributed by atoms with Crippen LogP contribution in [0.25, 0.3) is 0 Å². The van der Waals surface area contributed by atoms with Crippen molar-refractivity contribution < 1.29 is 18.8 Å². The standard InChI is InChI=1S/C13H14FN3O3/c14-9-2-1-3-10(8-9)15-7-6-11-16-12(20-17-11)4-5-13(18)19/h1-3,8,15H,4-7H2,(H,18,19). The van der Waals surface area contributed by atoms with E-state index in [0.29, 0.717) is 30.4 Å². The van der Waals surface area contributed by atoms with Crippen LogP contribution in [0.3, 0.4) is 0 Å². The number of aromatic nitrogens is 2. The van der Waals surface area contributed by atoms with E-state index in [1.54, 1.807) is 12.1 Å². The van der Waals surface area contributed by atoms with Gasteiger partial charge >= 0.3 is 5.97 Å². The molecule has 7 heteroatoms. The largest absolute Gasteiger partial charge is 0.481 e. The molecule has 2 aromatic rings. The summed E-state index contributed by atoms with van der Waals surface area (Å²) in [5.41, 5.74) is 0.680. The highest BCUT2D eigenvalue weighted by atomic mass is 19.1. The first-order valence-electron chi connectivity index (χ1n) is 6.16. The number of halogens is 1. The molecule has 0 atom stereocenters. The quantitative estimate of drug-likeness (QED) is 0.804. The van der Waals surface area contributed by atoms with Gasteiger partial charge in [-0.25, -0.2) is 4.39 Å². The van der Waals surface area contributed by atoms with Crippen LogP contribution in [0.4, 0.5) is 10.1 Å². The van der Waals surface area contributed by atoms with Gasteiger partial charge in [0.1, 0.15) is 5.82 Å². The highest BCUT2D eigenvalue weighted by Crippen LogP contribution is 2.09. The molecule has 0 fully saturated rings. The summed E-state index contributed by atoms with van der Waals surface area (Å²) in [4.78, 5) is 14.5. The summed E-state index contributed by atoms with van der Waals surface area (Å²) in [5.74, 6) is -0.398. The maximum atomic E-state index is 12.9. The lowest BCUT2D eigenvalue weighted by atomic mass is 10.3. The number of rotatable bonds is 7. The van der Waals surface area contributed by atoms with Crippen molar-refractivity contribution in [2.75, 3.05) is 11.9 Å². The minimum atomic E-state index is -0.905. The minimum Gasteiger partial charge on any atom is -0.481 e. The smallest absolute Gasteiger partial charge is 0.303 e. The van der Waals surface area contributed by atoms with Gasteiger partial charge in [0, 0.05) is 25.1 Å². The van der Waals surface area contributed by atoms with Crippen LogP contribution in [0, 0.1) is 5.82 Å². The fourth-order valence-corrected chi connectivity index (χ4v) is 1.62. The predicted octanol–water partition coefficient (Wildman–Crippen LogP) is 1.88. The molecule has 6 nitrogen and oxygen atoms in total. The monoisotopic (exact) mass is 279 g/mol. The zero-order valence-electron chi connectivity index (χ0n) is 10.7. The fourth-order valence-electron chi connectivity index (χ4n) is 1.62. The lowest BCUT2D eigenvalue weighted by molar-refractivity contribution is -0.137. The first kappa shape index (κ1) is 14.0. The summed E-state index contributed by atoms with van der Waals surface area (Å²) in [7, 11) is 0. The molecular weight excluding hydrogens is 265 g/mol. The normalized spacial score (nSPS) is 10.4. The molecule has 1 aromatic heterocycles. The Morgan fingerprint density at radius 2 is 2.25 bits per heavy atom. The zero-order chi connectivity index (χ0) is 14.4. The number of benzene rings is 1. The summed E-state index contributed by atoms with van der Waals surface area (Å²) < 4.78 is 17.9. The first-order chi connectivity index (χ1) is 9.63. The second kappa shape index (κ2) is 6.65. The fraction of sp³-hybridized carbons (Fsp3) is 0.308. The molecule has 0 aliphatic carbocycles. The van der Waals surface area contributed by atoms with Crippen LogP contribution in [0.2, 0.25) is 0 Å². The molecule has 2 rings (SSSR count). The summed E-state index contributed by atoms with van der Waals surface area (Å²) in [6.07, 6.45) is 0.690.